The van der Waals surface area contributed by atoms with Crippen molar-refractivity contribution in [2.75, 3.05) is 18.0 Å². The van der Waals surface area contributed by atoms with Gasteiger partial charge in [-0.05, 0) is 19.8 Å². The van der Waals surface area contributed by atoms with E-state index in [1.807, 2.05) is 6.92 Å². The summed E-state index contributed by atoms with van der Waals surface area (Å²) in [6.07, 6.45) is 1.29. The normalized spacial score (nSPS) is 28.5. The van der Waals surface area contributed by atoms with Gasteiger partial charge >= 0.3 is 0 Å². The van der Waals surface area contributed by atoms with Gasteiger partial charge in [0.15, 0.2) is 11.6 Å². The smallest absolute Gasteiger partial charge is 0.187 e. The average Bonchev–Trinajstić information content (AvgIpc) is 2.33. The van der Waals surface area contributed by atoms with Crippen molar-refractivity contribution < 1.29 is 14.6 Å². The molecule has 2 rings (SSSR count). The topological polar surface area (TPSA) is 69.5 Å². The molecule has 0 amide bonds. The third kappa shape index (κ3) is 2.30. The lowest BCUT2D eigenvalue weighted by Crippen LogP contribution is -2.54. The van der Waals surface area contributed by atoms with E-state index in [2.05, 4.69) is 9.97 Å². The summed E-state index contributed by atoms with van der Waals surface area (Å²) in [5.41, 5.74) is -0.750. The zero-order chi connectivity index (χ0) is 13.3. The van der Waals surface area contributed by atoms with E-state index in [-0.39, 0.29) is 12.4 Å². The Morgan fingerprint density at radius 3 is 2.89 bits per heavy atom. The fourth-order valence-electron chi connectivity index (χ4n) is 2.08. The molecular weight excluding hydrogens is 237 g/mol. The van der Waals surface area contributed by atoms with Crippen LogP contribution >= 0.6 is 0 Å². The number of piperidine rings is 1. The molecule has 0 saturated carbocycles. The Morgan fingerprint density at radius 2 is 2.28 bits per heavy atom. The number of aliphatic hydroxyl groups is 2. The lowest BCUT2D eigenvalue weighted by atomic mass is 9.91. The fourth-order valence-corrected chi connectivity index (χ4v) is 2.08. The Balaban J connectivity index is 2.24. The number of aromatic nitrogens is 2. The molecule has 1 aliphatic heterocycles. The monoisotopic (exact) mass is 255 g/mol. The number of aryl methyl sites for hydroxylation is 1. The molecule has 0 radical (unpaired) electrons. The first-order valence-electron chi connectivity index (χ1n) is 6.10. The Hall–Kier alpha value is -1.27. The first-order chi connectivity index (χ1) is 8.45. The van der Waals surface area contributed by atoms with Gasteiger partial charge in [0.05, 0.1) is 17.4 Å². The third-order valence-electron chi connectivity index (χ3n) is 3.48. The quantitative estimate of drug-likeness (QED) is 0.805. The van der Waals surface area contributed by atoms with E-state index in [4.69, 9.17) is 0 Å². The van der Waals surface area contributed by atoms with Crippen LogP contribution in [-0.2, 0) is 6.42 Å². The molecule has 1 saturated heterocycles. The number of rotatable bonds is 2. The van der Waals surface area contributed by atoms with Crippen molar-refractivity contribution in [2.24, 2.45) is 0 Å². The summed E-state index contributed by atoms with van der Waals surface area (Å²) in [6.45, 7) is 4.04. The third-order valence-corrected chi connectivity index (χ3v) is 3.48. The minimum atomic E-state index is -1.12. The van der Waals surface area contributed by atoms with Gasteiger partial charge < -0.3 is 15.1 Å². The molecule has 18 heavy (non-hydrogen) atoms. The van der Waals surface area contributed by atoms with Crippen molar-refractivity contribution >= 4 is 5.82 Å². The highest BCUT2D eigenvalue weighted by atomic mass is 19.1. The standard InChI is InChI=1S/C12H18FN3O2/c1-3-8-10(13)11(15-7-14-8)16-5-4-12(2,18)9(17)6-16/h7,9,17-18H,3-6H2,1-2H3/t9-,12+/m1/s1. The number of nitrogens with zero attached hydrogens (tertiary/aromatic N) is 3. The highest BCUT2D eigenvalue weighted by Gasteiger charge is 2.37. The molecule has 2 heterocycles. The first-order valence-corrected chi connectivity index (χ1v) is 6.10. The number of halogens is 1. The van der Waals surface area contributed by atoms with Gasteiger partial charge in [0.25, 0.3) is 0 Å². The Labute approximate surface area is 105 Å². The van der Waals surface area contributed by atoms with E-state index in [1.165, 1.54) is 6.33 Å². The summed E-state index contributed by atoms with van der Waals surface area (Å²) in [5, 5.41) is 19.7. The molecule has 2 atom stereocenters. The van der Waals surface area contributed by atoms with Crippen molar-refractivity contribution in [1.29, 1.82) is 0 Å². The van der Waals surface area contributed by atoms with Gasteiger partial charge in [-0.25, -0.2) is 14.4 Å². The summed E-state index contributed by atoms with van der Waals surface area (Å²) in [5.74, 6) is -0.231. The highest BCUT2D eigenvalue weighted by Crippen LogP contribution is 2.27. The molecule has 2 N–H and O–H groups in total. The van der Waals surface area contributed by atoms with Gasteiger partial charge in [-0.15, -0.1) is 0 Å². The van der Waals surface area contributed by atoms with Crippen LogP contribution in [0.5, 0.6) is 0 Å². The van der Waals surface area contributed by atoms with Crippen LogP contribution in [0.4, 0.5) is 10.2 Å². The number of aliphatic hydroxyl groups excluding tert-OH is 1. The van der Waals surface area contributed by atoms with E-state index < -0.39 is 17.5 Å². The zero-order valence-corrected chi connectivity index (χ0v) is 10.6. The van der Waals surface area contributed by atoms with E-state index in [1.54, 1.807) is 11.8 Å². The van der Waals surface area contributed by atoms with Gasteiger partial charge in [0.1, 0.15) is 6.33 Å². The molecule has 1 fully saturated rings. The molecule has 100 valence electrons. The molecule has 0 spiro atoms. The van der Waals surface area contributed by atoms with Crippen LogP contribution in [0.15, 0.2) is 6.33 Å². The lowest BCUT2D eigenvalue weighted by Gasteiger charge is -2.40. The molecule has 1 aliphatic rings. The molecular formula is C12H18FN3O2. The molecule has 1 aromatic heterocycles. The van der Waals surface area contributed by atoms with E-state index >= 15 is 0 Å². The van der Waals surface area contributed by atoms with Gasteiger partial charge in [0.2, 0.25) is 0 Å². The van der Waals surface area contributed by atoms with E-state index in [9.17, 15) is 14.6 Å². The van der Waals surface area contributed by atoms with Crippen LogP contribution in [0.25, 0.3) is 0 Å². The number of β-amino-alcohol motifs (C(OH)–C–C–N with tert-alkyl or cyclic N) is 1. The average molecular weight is 255 g/mol. The highest BCUT2D eigenvalue weighted by molar-refractivity contribution is 5.42. The van der Waals surface area contributed by atoms with Gasteiger partial charge in [0, 0.05) is 13.1 Å². The van der Waals surface area contributed by atoms with Crippen LogP contribution < -0.4 is 4.90 Å². The van der Waals surface area contributed by atoms with E-state index in [0.29, 0.717) is 25.1 Å². The molecule has 1 aromatic rings. The minimum absolute atomic E-state index is 0.171. The number of anilines is 1. The summed E-state index contributed by atoms with van der Waals surface area (Å²) in [4.78, 5) is 9.47. The predicted octanol–water partition coefficient (Wildman–Crippen LogP) is 0.500. The largest absolute Gasteiger partial charge is 0.388 e. The van der Waals surface area contributed by atoms with Crippen LogP contribution in [0.3, 0.4) is 0 Å². The van der Waals surface area contributed by atoms with Gasteiger partial charge in [-0.3, -0.25) is 0 Å². The fraction of sp³-hybridized carbons (Fsp3) is 0.667. The van der Waals surface area contributed by atoms with Crippen LogP contribution in [-0.4, -0.2) is 45.0 Å². The summed E-state index contributed by atoms with van der Waals surface area (Å²) >= 11 is 0. The zero-order valence-electron chi connectivity index (χ0n) is 10.6. The Bertz CT molecular complexity index is 439. The Kier molecular flexibility index (Phi) is 3.49. The first kappa shape index (κ1) is 13.2. The second-order valence-electron chi connectivity index (χ2n) is 4.88. The molecule has 0 aromatic carbocycles. The maximum absolute atomic E-state index is 14.1. The maximum Gasteiger partial charge on any atom is 0.187 e. The maximum atomic E-state index is 14.1. The summed E-state index contributed by atoms with van der Waals surface area (Å²) < 4.78 is 14.1. The summed E-state index contributed by atoms with van der Waals surface area (Å²) in [7, 11) is 0. The molecule has 0 aliphatic carbocycles. The Morgan fingerprint density at radius 1 is 1.56 bits per heavy atom. The van der Waals surface area contributed by atoms with Crippen molar-refractivity contribution in [3.05, 3.63) is 17.8 Å². The SMILES string of the molecule is CCc1ncnc(N2CC[C@](C)(O)[C@H](O)C2)c1F. The van der Waals surface area contributed by atoms with Crippen molar-refractivity contribution in [1.82, 2.24) is 9.97 Å². The van der Waals surface area contributed by atoms with E-state index in [0.717, 1.165) is 0 Å². The molecule has 0 bridgehead atoms. The van der Waals surface area contributed by atoms with Gasteiger partial charge in [-0.1, -0.05) is 6.92 Å². The van der Waals surface area contributed by atoms with Crippen molar-refractivity contribution in [3.8, 4) is 0 Å². The second-order valence-corrected chi connectivity index (χ2v) is 4.88. The minimum Gasteiger partial charge on any atom is -0.388 e. The number of hydrogen-bond donors (Lipinski definition) is 2. The van der Waals surface area contributed by atoms with Crippen molar-refractivity contribution in [3.63, 3.8) is 0 Å². The van der Waals surface area contributed by atoms with Crippen LogP contribution in [0.2, 0.25) is 0 Å². The van der Waals surface area contributed by atoms with Gasteiger partial charge in [-0.2, -0.15) is 0 Å². The molecule has 0 unspecified atom stereocenters. The summed E-state index contributed by atoms with van der Waals surface area (Å²) in [6, 6.07) is 0. The van der Waals surface area contributed by atoms with Crippen LogP contribution in [0.1, 0.15) is 26.0 Å². The lowest BCUT2D eigenvalue weighted by molar-refractivity contribution is -0.0723. The second kappa shape index (κ2) is 4.78. The van der Waals surface area contributed by atoms with Crippen molar-refractivity contribution in [2.45, 2.75) is 38.4 Å². The number of hydrogen-bond acceptors (Lipinski definition) is 5. The predicted molar refractivity (Wildman–Crippen MR) is 64.8 cm³/mol. The molecule has 6 heteroatoms. The van der Waals surface area contributed by atoms with Crippen LogP contribution in [0, 0.1) is 5.82 Å². The molecule has 5 nitrogen and oxygen atoms in total.